The van der Waals surface area contributed by atoms with Crippen LogP contribution in [0.3, 0.4) is 0 Å². The van der Waals surface area contributed by atoms with Crippen LogP contribution in [-0.2, 0) is 4.84 Å². The highest BCUT2D eigenvalue weighted by atomic mass is 35.5. The summed E-state index contributed by atoms with van der Waals surface area (Å²) in [6.45, 7) is 1.75. The lowest BCUT2D eigenvalue weighted by atomic mass is 9.97. The van der Waals surface area contributed by atoms with Gasteiger partial charge >= 0.3 is 5.97 Å². The van der Waals surface area contributed by atoms with Crippen molar-refractivity contribution in [2.75, 3.05) is 0 Å². The van der Waals surface area contributed by atoms with Crippen LogP contribution >= 0.6 is 34.8 Å². The molecular formula is C17H12Cl3NO3. The van der Waals surface area contributed by atoms with Crippen molar-refractivity contribution in [1.82, 2.24) is 0 Å². The van der Waals surface area contributed by atoms with Crippen LogP contribution < -0.4 is 0 Å². The molecule has 0 spiro atoms. The number of carboxylic acids is 1. The van der Waals surface area contributed by atoms with Crippen LogP contribution in [-0.4, -0.2) is 16.8 Å². The highest BCUT2D eigenvalue weighted by Crippen LogP contribution is 2.37. The van der Waals surface area contributed by atoms with Gasteiger partial charge in [-0.3, -0.25) is 0 Å². The third-order valence-electron chi connectivity index (χ3n) is 3.84. The number of aromatic carboxylic acids is 1. The molecule has 0 aromatic heterocycles. The lowest BCUT2D eigenvalue weighted by Crippen LogP contribution is -2.05. The molecule has 7 heteroatoms. The number of rotatable bonds is 3. The summed E-state index contributed by atoms with van der Waals surface area (Å²) in [4.78, 5) is 16.6. The van der Waals surface area contributed by atoms with E-state index >= 15 is 0 Å². The van der Waals surface area contributed by atoms with Gasteiger partial charge in [-0.1, -0.05) is 46.0 Å². The molecular weight excluding hydrogens is 373 g/mol. The third kappa shape index (κ3) is 3.22. The Kier molecular flexibility index (Phi) is 4.72. The summed E-state index contributed by atoms with van der Waals surface area (Å²) in [5, 5.41) is 14.2. The van der Waals surface area contributed by atoms with Crippen molar-refractivity contribution < 1.29 is 14.7 Å². The SMILES string of the molecule is Cc1cc(C2=NOC(c3cc(Cl)c(Cl)c(Cl)c3)C2)ccc1C(=O)O. The van der Waals surface area contributed by atoms with Crippen molar-refractivity contribution in [2.45, 2.75) is 19.4 Å². The van der Waals surface area contributed by atoms with Crippen LogP contribution in [0.4, 0.5) is 0 Å². The first-order chi connectivity index (χ1) is 11.4. The minimum atomic E-state index is -0.952. The molecule has 1 aliphatic heterocycles. The van der Waals surface area contributed by atoms with E-state index in [4.69, 9.17) is 44.7 Å². The van der Waals surface area contributed by atoms with Gasteiger partial charge in [-0.05, 0) is 47.9 Å². The van der Waals surface area contributed by atoms with Crippen molar-refractivity contribution in [3.63, 3.8) is 0 Å². The predicted molar refractivity (Wildman–Crippen MR) is 94.6 cm³/mol. The summed E-state index contributed by atoms with van der Waals surface area (Å²) in [5.41, 5.74) is 3.29. The molecule has 0 fully saturated rings. The average molecular weight is 385 g/mol. The number of hydrogen-bond donors (Lipinski definition) is 1. The van der Waals surface area contributed by atoms with Gasteiger partial charge in [-0.15, -0.1) is 0 Å². The molecule has 2 aromatic rings. The Bertz CT molecular complexity index is 841. The number of oxime groups is 1. The molecule has 0 bridgehead atoms. The Labute approximate surface area is 153 Å². The minimum absolute atomic E-state index is 0.270. The van der Waals surface area contributed by atoms with Crippen LogP contribution in [0.1, 0.15) is 39.6 Å². The molecule has 4 nitrogen and oxygen atoms in total. The van der Waals surface area contributed by atoms with Crippen LogP contribution in [0.2, 0.25) is 15.1 Å². The summed E-state index contributed by atoms with van der Waals surface area (Å²) in [6, 6.07) is 8.49. The molecule has 1 unspecified atom stereocenters. The quantitative estimate of drug-likeness (QED) is 0.709. The topological polar surface area (TPSA) is 58.9 Å². The van der Waals surface area contributed by atoms with Gasteiger partial charge < -0.3 is 9.94 Å². The lowest BCUT2D eigenvalue weighted by molar-refractivity contribution is 0.0696. The van der Waals surface area contributed by atoms with E-state index in [1.54, 1.807) is 37.3 Å². The number of aryl methyl sites for hydroxylation is 1. The van der Waals surface area contributed by atoms with Gasteiger partial charge in [0, 0.05) is 6.42 Å². The first-order valence-corrected chi connectivity index (χ1v) is 8.21. The van der Waals surface area contributed by atoms with E-state index in [1.807, 2.05) is 0 Å². The number of carbonyl (C=O) groups is 1. The Morgan fingerprint density at radius 3 is 2.46 bits per heavy atom. The molecule has 124 valence electrons. The number of nitrogens with zero attached hydrogens (tertiary/aromatic N) is 1. The fraction of sp³-hybridized carbons (Fsp3) is 0.176. The molecule has 24 heavy (non-hydrogen) atoms. The van der Waals surface area contributed by atoms with Crippen LogP contribution in [0.15, 0.2) is 35.5 Å². The van der Waals surface area contributed by atoms with E-state index in [1.165, 1.54) is 0 Å². The summed E-state index contributed by atoms with van der Waals surface area (Å²) in [5.74, 6) is -0.952. The number of benzene rings is 2. The Morgan fingerprint density at radius 1 is 1.21 bits per heavy atom. The van der Waals surface area contributed by atoms with Crippen molar-refractivity contribution >= 4 is 46.5 Å². The van der Waals surface area contributed by atoms with Gasteiger partial charge in [0.05, 0.1) is 26.3 Å². The Balaban J connectivity index is 1.83. The van der Waals surface area contributed by atoms with E-state index < -0.39 is 5.97 Å². The van der Waals surface area contributed by atoms with Gasteiger partial charge in [0.25, 0.3) is 0 Å². The number of hydrogen-bond acceptors (Lipinski definition) is 3. The van der Waals surface area contributed by atoms with E-state index in [0.717, 1.165) is 16.8 Å². The van der Waals surface area contributed by atoms with Gasteiger partial charge in [-0.25, -0.2) is 4.79 Å². The maximum atomic E-state index is 11.1. The van der Waals surface area contributed by atoms with Crippen LogP contribution in [0.25, 0.3) is 0 Å². The molecule has 0 saturated heterocycles. The fourth-order valence-corrected chi connectivity index (χ4v) is 3.18. The second-order valence-electron chi connectivity index (χ2n) is 5.47. The van der Waals surface area contributed by atoms with Gasteiger partial charge in [-0.2, -0.15) is 0 Å². The highest BCUT2D eigenvalue weighted by Gasteiger charge is 2.25. The van der Waals surface area contributed by atoms with Crippen molar-refractivity contribution in [1.29, 1.82) is 0 Å². The van der Waals surface area contributed by atoms with Crippen molar-refractivity contribution in [3.8, 4) is 0 Å². The molecule has 0 saturated carbocycles. The summed E-state index contributed by atoms with van der Waals surface area (Å²) < 4.78 is 0. The monoisotopic (exact) mass is 383 g/mol. The molecule has 0 amide bonds. The standard InChI is InChI=1S/C17H12Cl3NO3/c1-8-4-9(2-3-11(8)17(22)23)14-7-15(24-21-14)10-5-12(18)16(20)13(19)6-10/h2-6,15H,7H2,1H3,(H,22,23). The first kappa shape index (κ1) is 17.1. The first-order valence-electron chi connectivity index (χ1n) is 7.08. The average Bonchev–Trinajstić information content (AvgIpc) is 3.01. The smallest absolute Gasteiger partial charge is 0.335 e. The Morgan fingerprint density at radius 2 is 1.88 bits per heavy atom. The predicted octanol–water partition coefficient (Wildman–Crippen LogP) is 5.52. The number of halogens is 3. The summed E-state index contributed by atoms with van der Waals surface area (Å²) >= 11 is 18.1. The van der Waals surface area contributed by atoms with Gasteiger partial charge in [0.1, 0.15) is 0 Å². The van der Waals surface area contributed by atoms with E-state index in [2.05, 4.69) is 5.16 Å². The van der Waals surface area contributed by atoms with Crippen LogP contribution in [0, 0.1) is 6.92 Å². The van der Waals surface area contributed by atoms with E-state index in [-0.39, 0.29) is 11.7 Å². The minimum Gasteiger partial charge on any atom is -0.478 e. The van der Waals surface area contributed by atoms with Gasteiger partial charge in [0.15, 0.2) is 6.10 Å². The second-order valence-corrected chi connectivity index (χ2v) is 6.66. The van der Waals surface area contributed by atoms with Gasteiger partial charge in [0.2, 0.25) is 0 Å². The maximum Gasteiger partial charge on any atom is 0.335 e. The zero-order chi connectivity index (χ0) is 17.4. The fourth-order valence-electron chi connectivity index (χ4n) is 2.57. The normalized spacial score (nSPS) is 16.7. The van der Waals surface area contributed by atoms with E-state index in [0.29, 0.717) is 27.1 Å². The third-order valence-corrected chi connectivity index (χ3v) is 5.03. The summed E-state index contributed by atoms with van der Waals surface area (Å²) in [7, 11) is 0. The Hall–Kier alpha value is -1.75. The summed E-state index contributed by atoms with van der Waals surface area (Å²) in [6.07, 6.45) is 0.215. The molecule has 3 rings (SSSR count). The zero-order valence-corrected chi connectivity index (χ0v) is 14.8. The molecule has 1 heterocycles. The lowest BCUT2D eigenvalue weighted by Gasteiger charge is -2.11. The maximum absolute atomic E-state index is 11.1. The van der Waals surface area contributed by atoms with Crippen molar-refractivity contribution in [2.24, 2.45) is 5.16 Å². The van der Waals surface area contributed by atoms with E-state index in [9.17, 15) is 4.79 Å². The molecule has 1 N–H and O–H groups in total. The molecule has 1 atom stereocenters. The zero-order valence-electron chi connectivity index (χ0n) is 12.5. The molecule has 0 aliphatic carbocycles. The number of carboxylic acid groups (broad SMARTS) is 1. The highest BCUT2D eigenvalue weighted by molar-refractivity contribution is 6.48. The van der Waals surface area contributed by atoms with Crippen LogP contribution in [0.5, 0.6) is 0 Å². The van der Waals surface area contributed by atoms with Crippen molar-refractivity contribution in [3.05, 3.63) is 67.7 Å². The second kappa shape index (κ2) is 6.63. The molecule has 2 aromatic carbocycles. The largest absolute Gasteiger partial charge is 0.478 e. The molecule has 1 aliphatic rings. The molecule has 0 radical (unpaired) electrons.